The number of carbonyl (C=O) groups excluding carboxylic acids is 1. The molecule has 4 heteroatoms. The van der Waals surface area contributed by atoms with Crippen molar-refractivity contribution in [3.8, 4) is 0 Å². The van der Waals surface area contributed by atoms with Crippen LogP contribution in [0.2, 0.25) is 0 Å². The standard InChI is InChI=1S/C10H20ClNO2/c1-9(8-11)10(14)12-6-4-2-3-5-7-13/h9,13H,2-8H2,1H3,(H,12,14). The Labute approximate surface area is 90.8 Å². The molecule has 0 saturated heterocycles. The lowest BCUT2D eigenvalue weighted by Crippen LogP contribution is -2.30. The molecule has 1 amide bonds. The Morgan fingerprint density at radius 2 is 2.00 bits per heavy atom. The summed E-state index contributed by atoms with van der Waals surface area (Å²) in [5, 5.41) is 11.4. The summed E-state index contributed by atoms with van der Waals surface area (Å²) >= 11 is 5.54. The normalized spacial score (nSPS) is 12.5. The topological polar surface area (TPSA) is 49.3 Å². The number of amides is 1. The molecular formula is C10H20ClNO2. The summed E-state index contributed by atoms with van der Waals surface area (Å²) < 4.78 is 0. The zero-order valence-electron chi connectivity index (χ0n) is 8.76. The van der Waals surface area contributed by atoms with Crippen molar-refractivity contribution in [2.75, 3.05) is 19.0 Å². The van der Waals surface area contributed by atoms with Crippen LogP contribution in [0.3, 0.4) is 0 Å². The van der Waals surface area contributed by atoms with Crippen molar-refractivity contribution in [3.05, 3.63) is 0 Å². The molecule has 0 aromatic rings. The van der Waals surface area contributed by atoms with E-state index in [2.05, 4.69) is 5.32 Å². The molecule has 0 aromatic carbocycles. The number of aliphatic hydroxyl groups is 1. The molecule has 1 atom stereocenters. The molecule has 2 N–H and O–H groups in total. The van der Waals surface area contributed by atoms with Gasteiger partial charge in [-0.1, -0.05) is 19.8 Å². The van der Waals surface area contributed by atoms with Crippen LogP contribution in [-0.2, 0) is 4.79 Å². The van der Waals surface area contributed by atoms with Crippen LogP contribution in [0.5, 0.6) is 0 Å². The lowest BCUT2D eigenvalue weighted by molar-refractivity contribution is -0.123. The van der Waals surface area contributed by atoms with Gasteiger partial charge in [0.2, 0.25) is 5.91 Å². The monoisotopic (exact) mass is 221 g/mol. The summed E-state index contributed by atoms with van der Waals surface area (Å²) in [7, 11) is 0. The Balaban J connectivity index is 3.23. The minimum Gasteiger partial charge on any atom is -0.396 e. The number of carbonyl (C=O) groups is 1. The molecule has 0 bridgehead atoms. The molecule has 0 aliphatic rings. The number of aliphatic hydroxyl groups excluding tert-OH is 1. The van der Waals surface area contributed by atoms with E-state index in [-0.39, 0.29) is 18.4 Å². The Morgan fingerprint density at radius 3 is 2.57 bits per heavy atom. The predicted octanol–water partition coefficient (Wildman–Crippen LogP) is 1.53. The van der Waals surface area contributed by atoms with Crippen LogP contribution in [0, 0.1) is 5.92 Å². The van der Waals surface area contributed by atoms with Gasteiger partial charge < -0.3 is 10.4 Å². The second-order valence-electron chi connectivity index (χ2n) is 3.48. The van der Waals surface area contributed by atoms with Gasteiger partial charge in [0.05, 0.1) is 0 Å². The van der Waals surface area contributed by atoms with Gasteiger partial charge in [-0.2, -0.15) is 0 Å². The lowest BCUT2D eigenvalue weighted by Gasteiger charge is -2.08. The number of hydrogen-bond acceptors (Lipinski definition) is 2. The summed E-state index contributed by atoms with van der Waals surface area (Å²) in [6.45, 7) is 2.79. The zero-order valence-corrected chi connectivity index (χ0v) is 9.52. The molecule has 0 spiro atoms. The van der Waals surface area contributed by atoms with Crippen LogP contribution >= 0.6 is 11.6 Å². The highest BCUT2D eigenvalue weighted by molar-refractivity contribution is 6.19. The number of alkyl halides is 1. The number of halogens is 1. The van der Waals surface area contributed by atoms with Crippen molar-refractivity contribution in [1.82, 2.24) is 5.32 Å². The minimum atomic E-state index is -0.103. The molecule has 0 saturated carbocycles. The molecule has 84 valence electrons. The summed E-state index contributed by atoms with van der Waals surface area (Å²) in [6, 6.07) is 0. The second-order valence-corrected chi connectivity index (χ2v) is 3.79. The molecule has 0 radical (unpaired) electrons. The van der Waals surface area contributed by atoms with Crippen LogP contribution in [0.4, 0.5) is 0 Å². The maximum Gasteiger partial charge on any atom is 0.224 e. The first kappa shape index (κ1) is 13.7. The third-order valence-corrected chi connectivity index (χ3v) is 2.53. The van der Waals surface area contributed by atoms with Gasteiger partial charge in [0, 0.05) is 24.9 Å². The van der Waals surface area contributed by atoms with Crippen LogP contribution in [0.15, 0.2) is 0 Å². The quantitative estimate of drug-likeness (QED) is 0.483. The predicted molar refractivity (Wildman–Crippen MR) is 58.4 cm³/mol. The smallest absolute Gasteiger partial charge is 0.224 e. The van der Waals surface area contributed by atoms with Gasteiger partial charge in [-0.15, -0.1) is 11.6 Å². The maximum atomic E-state index is 11.2. The van der Waals surface area contributed by atoms with Crippen molar-refractivity contribution in [3.63, 3.8) is 0 Å². The average Bonchev–Trinajstić information content (AvgIpc) is 2.21. The van der Waals surface area contributed by atoms with E-state index in [1.165, 1.54) is 0 Å². The Kier molecular flexibility index (Phi) is 9.10. The van der Waals surface area contributed by atoms with Gasteiger partial charge in [0.1, 0.15) is 0 Å². The number of unbranched alkanes of at least 4 members (excludes halogenated alkanes) is 3. The number of hydrogen-bond donors (Lipinski definition) is 2. The van der Waals surface area contributed by atoms with E-state index >= 15 is 0 Å². The molecule has 3 nitrogen and oxygen atoms in total. The fourth-order valence-corrected chi connectivity index (χ4v) is 1.19. The molecular weight excluding hydrogens is 202 g/mol. The molecule has 0 heterocycles. The van der Waals surface area contributed by atoms with Crippen molar-refractivity contribution < 1.29 is 9.90 Å². The Bertz CT molecular complexity index is 153. The van der Waals surface area contributed by atoms with Crippen LogP contribution in [0.1, 0.15) is 32.6 Å². The van der Waals surface area contributed by atoms with Gasteiger partial charge in [-0.05, 0) is 12.8 Å². The van der Waals surface area contributed by atoms with E-state index in [0.29, 0.717) is 12.4 Å². The van der Waals surface area contributed by atoms with E-state index in [1.807, 2.05) is 6.92 Å². The Morgan fingerprint density at radius 1 is 1.36 bits per heavy atom. The van der Waals surface area contributed by atoms with Crippen LogP contribution in [0.25, 0.3) is 0 Å². The highest BCUT2D eigenvalue weighted by Gasteiger charge is 2.09. The largest absolute Gasteiger partial charge is 0.396 e. The number of nitrogens with one attached hydrogen (secondary N) is 1. The highest BCUT2D eigenvalue weighted by Crippen LogP contribution is 2.00. The van der Waals surface area contributed by atoms with Crippen molar-refractivity contribution in [1.29, 1.82) is 0 Å². The van der Waals surface area contributed by atoms with Crippen molar-refractivity contribution in [2.45, 2.75) is 32.6 Å². The first-order valence-electron chi connectivity index (χ1n) is 5.17. The third kappa shape index (κ3) is 7.15. The van der Waals surface area contributed by atoms with E-state index in [4.69, 9.17) is 16.7 Å². The second kappa shape index (κ2) is 9.28. The summed E-state index contributed by atoms with van der Waals surface area (Å²) in [6.07, 6.45) is 3.90. The highest BCUT2D eigenvalue weighted by atomic mass is 35.5. The van der Waals surface area contributed by atoms with Gasteiger partial charge in [0.15, 0.2) is 0 Å². The van der Waals surface area contributed by atoms with Gasteiger partial charge >= 0.3 is 0 Å². The van der Waals surface area contributed by atoms with E-state index in [0.717, 1.165) is 25.7 Å². The molecule has 1 unspecified atom stereocenters. The molecule has 0 aromatic heterocycles. The van der Waals surface area contributed by atoms with E-state index < -0.39 is 0 Å². The van der Waals surface area contributed by atoms with E-state index in [1.54, 1.807) is 0 Å². The summed E-state index contributed by atoms with van der Waals surface area (Å²) in [5.74, 6) is 0.298. The first-order valence-corrected chi connectivity index (χ1v) is 5.70. The molecule has 0 aliphatic heterocycles. The minimum absolute atomic E-state index is 0.0298. The fourth-order valence-electron chi connectivity index (χ4n) is 1.05. The summed E-state index contributed by atoms with van der Waals surface area (Å²) in [5.41, 5.74) is 0. The Hall–Kier alpha value is -0.280. The van der Waals surface area contributed by atoms with Gasteiger partial charge in [0.25, 0.3) is 0 Å². The first-order chi connectivity index (χ1) is 6.72. The summed E-state index contributed by atoms with van der Waals surface area (Å²) in [4.78, 5) is 11.2. The molecule has 0 fully saturated rings. The van der Waals surface area contributed by atoms with Gasteiger partial charge in [-0.3, -0.25) is 4.79 Å². The van der Waals surface area contributed by atoms with Crippen molar-refractivity contribution in [2.24, 2.45) is 5.92 Å². The molecule has 0 rings (SSSR count). The fraction of sp³-hybridized carbons (Fsp3) is 0.900. The van der Waals surface area contributed by atoms with E-state index in [9.17, 15) is 4.79 Å². The zero-order chi connectivity index (χ0) is 10.8. The SMILES string of the molecule is CC(CCl)C(=O)NCCCCCCO. The average molecular weight is 222 g/mol. The van der Waals surface area contributed by atoms with Crippen LogP contribution < -0.4 is 5.32 Å². The van der Waals surface area contributed by atoms with Crippen molar-refractivity contribution >= 4 is 17.5 Å². The molecule has 14 heavy (non-hydrogen) atoms. The number of rotatable bonds is 8. The van der Waals surface area contributed by atoms with Crippen LogP contribution in [-0.4, -0.2) is 30.0 Å². The maximum absolute atomic E-state index is 11.2. The lowest BCUT2D eigenvalue weighted by atomic mass is 10.2. The third-order valence-electron chi connectivity index (χ3n) is 2.06. The molecule has 0 aliphatic carbocycles. The van der Waals surface area contributed by atoms with Gasteiger partial charge in [-0.25, -0.2) is 0 Å².